The molecule has 0 bridgehead atoms. The van der Waals surface area contributed by atoms with E-state index in [9.17, 15) is 4.79 Å². The number of hydrogen-bond donors (Lipinski definition) is 1. The van der Waals surface area contributed by atoms with Gasteiger partial charge in [-0.15, -0.1) is 0 Å². The highest BCUT2D eigenvalue weighted by atomic mass is 127. The molecule has 0 aliphatic carbocycles. The number of nitrogens with zero attached hydrogens (tertiary/aromatic N) is 1. The minimum Gasteiger partial charge on any atom is -0.391 e. The van der Waals surface area contributed by atoms with E-state index in [0.29, 0.717) is 13.0 Å². The summed E-state index contributed by atoms with van der Waals surface area (Å²) in [5, 5.41) is 8.80. The standard InChI is InChI=1S/C4H6INO2/c5-6-2-3(7)1-4(6)8/h3,7H,1-2H2. The second-order valence-electron chi connectivity index (χ2n) is 1.80. The fraction of sp³-hybridized carbons (Fsp3) is 0.750. The molecule has 0 spiro atoms. The van der Waals surface area contributed by atoms with Crippen molar-refractivity contribution < 1.29 is 9.90 Å². The van der Waals surface area contributed by atoms with Gasteiger partial charge in [-0.25, -0.2) is 0 Å². The minimum absolute atomic E-state index is 0.0260. The molecule has 1 atom stereocenters. The van der Waals surface area contributed by atoms with Crippen molar-refractivity contribution >= 4 is 28.8 Å². The smallest absolute Gasteiger partial charge is 0.233 e. The van der Waals surface area contributed by atoms with Crippen LogP contribution in [0.1, 0.15) is 6.42 Å². The van der Waals surface area contributed by atoms with E-state index in [1.165, 1.54) is 3.11 Å². The summed E-state index contributed by atoms with van der Waals surface area (Å²) in [7, 11) is 0. The number of hydrogen-bond acceptors (Lipinski definition) is 2. The Morgan fingerprint density at radius 3 is 2.62 bits per heavy atom. The van der Waals surface area contributed by atoms with Gasteiger partial charge in [0.05, 0.1) is 41.9 Å². The zero-order valence-electron chi connectivity index (χ0n) is 4.17. The first-order valence-electron chi connectivity index (χ1n) is 2.34. The van der Waals surface area contributed by atoms with E-state index in [-0.39, 0.29) is 5.91 Å². The number of aliphatic hydroxyl groups is 1. The van der Waals surface area contributed by atoms with Crippen molar-refractivity contribution in [3.05, 3.63) is 0 Å². The van der Waals surface area contributed by atoms with E-state index in [2.05, 4.69) is 0 Å². The Kier molecular flexibility index (Phi) is 1.71. The molecule has 8 heavy (non-hydrogen) atoms. The number of aliphatic hydroxyl groups excluding tert-OH is 1. The molecule has 1 amide bonds. The SMILES string of the molecule is O=C1CC(O)CN1I. The highest BCUT2D eigenvalue weighted by Gasteiger charge is 2.25. The van der Waals surface area contributed by atoms with Crippen molar-refractivity contribution in [3.63, 3.8) is 0 Å². The number of amides is 1. The van der Waals surface area contributed by atoms with Crippen molar-refractivity contribution in [2.75, 3.05) is 6.54 Å². The number of β-amino-alcohol motifs (C(OH)–C–C–N with tert-alkyl or cyclic N) is 1. The van der Waals surface area contributed by atoms with E-state index in [4.69, 9.17) is 5.11 Å². The highest BCUT2D eigenvalue weighted by molar-refractivity contribution is 14.1. The normalized spacial score (nSPS) is 29.5. The van der Waals surface area contributed by atoms with Gasteiger partial charge in [0.25, 0.3) is 0 Å². The third kappa shape index (κ3) is 1.11. The summed E-state index contributed by atoms with van der Waals surface area (Å²) in [6.07, 6.45) is -0.137. The van der Waals surface area contributed by atoms with Crippen LogP contribution in [0.25, 0.3) is 0 Å². The van der Waals surface area contributed by atoms with Crippen molar-refractivity contribution in [2.45, 2.75) is 12.5 Å². The molecule has 0 saturated carbocycles. The molecular weight excluding hydrogens is 221 g/mol. The Labute approximate surface area is 61.2 Å². The third-order valence-electron chi connectivity index (χ3n) is 1.05. The van der Waals surface area contributed by atoms with E-state index in [1.807, 2.05) is 22.9 Å². The predicted molar refractivity (Wildman–Crippen MR) is 36.4 cm³/mol. The van der Waals surface area contributed by atoms with Crippen molar-refractivity contribution in [3.8, 4) is 0 Å². The summed E-state index contributed by atoms with van der Waals surface area (Å²) in [5.74, 6) is 0.0260. The van der Waals surface area contributed by atoms with Gasteiger partial charge in [-0.3, -0.25) is 7.91 Å². The van der Waals surface area contributed by atoms with Crippen molar-refractivity contribution in [1.29, 1.82) is 0 Å². The quantitative estimate of drug-likeness (QED) is 0.464. The van der Waals surface area contributed by atoms with Gasteiger partial charge < -0.3 is 5.11 Å². The molecule has 3 nitrogen and oxygen atoms in total. The third-order valence-corrected chi connectivity index (χ3v) is 1.98. The first-order chi connectivity index (χ1) is 3.70. The second-order valence-corrected chi connectivity index (χ2v) is 2.96. The minimum atomic E-state index is -0.431. The van der Waals surface area contributed by atoms with Crippen LogP contribution in [0.3, 0.4) is 0 Å². The molecular formula is C4H6INO2. The van der Waals surface area contributed by atoms with Crippen LogP contribution in [-0.4, -0.2) is 26.8 Å². The number of carbonyl (C=O) groups excluding carboxylic acids is 1. The average Bonchev–Trinajstić information content (AvgIpc) is 1.85. The van der Waals surface area contributed by atoms with Gasteiger partial charge in [-0.1, -0.05) is 0 Å². The zero-order chi connectivity index (χ0) is 6.15. The fourth-order valence-corrected chi connectivity index (χ4v) is 1.30. The van der Waals surface area contributed by atoms with Crippen LogP contribution in [0.15, 0.2) is 0 Å². The summed E-state index contributed by atoms with van der Waals surface area (Å²) in [5.41, 5.74) is 0. The number of rotatable bonds is 0. The van der Waals surface area contributed by atoms with Crippen LogP contribution in [0.5, 0.6) is 0 Å². The summed E-state index contributed by atoms with van der Waals surface area (Å²) in [6, 6.07) is 0. The Morgan fingerprint density at radius 2 is 2.50 bits per heavy atom. The molecule has 1 aliphatic rings. The molecule has 1 N–H and O–H groups in total. The summed E-state index contributed by atoms with van der Waals surface area (Å²) in [6.45, 7) is 0.486. The van der Waals surface area contributed by atoms with E-state index in [1.54, 1.807) is 0 Å². The summed E-state index contributed by atoms with van der Waals surface area (Å²) < 4.78 is 1.50. The van der Waals surface area contributed by atoms with Gasteiger partial charge in [0.15, 0.2) is 0 Å². The lowest BCUT2D eigenvalue weighted by molar-refractivity contribution is -0.122. The molecule has 1 fully saturated rings. The van der Waals surface area contributed by atoms with E-state index >= 15 is 0 Å². The van der Waals surface area contributed by atoms with Gasteiger partial charge in [0.1, 0.15) is 0 Å². The Hall–Kier alpha value is 0.160. The largest absolute Gasteiger partial charge is 0.391 e. The first kappa shape index (κ1) is 6.28. The molecule has 0 aromatic heterocycles. The predicted octanol–water partition coefficient (Wildman–Crippen LogP) is -0.0704. The topological polar surface area (TPSA) is 40.5 Å². The summed E-state index contributed by atoms with van der Waals surface area (Å²) >= 11 is 1.90. The number of carbonyl (C=O) groups is 1. The molecule has 1 aliphatic heterocycles. The molecule has 1 heterocycles. The Bertz CT molecular complexity index is 117. The van der Waals surface area contributed by atoms with E-state index in [0.717, 1.165) is 0 Å². The lowest BCUT2D eigenvalue weighted by Crippen LogP contribution is -2.12. The lowest BCUT2D eigenvalue weighted by Gasteiger charge is -2.00. The first-order valence-corrected chi connectivity index (χ1v) is 3.31. The van der Waals surface area contributed by atoms with Gasteiger partial charge in [0, 0.05) is 0 Å². The molecule has 46 valence electrons. The van der Waals surface area contributed by atoms with Gasteiger partial charge in [-0.05, 0) is 0 Å². The fourth-order valence-electron chi connectivity index (χ4n) is 0.652. The van der Waals surface area contributed by atoms with Crippen LogP contribution in [0, 0.1) is 0 Å². The maximum atomic E-state index is 10.5. The zero-order valence-corrected chi connectivity index (χ0v) is 6.33. The van der Waals surface area contributed by atoms with Crippen LogP contribution < -0.4 is 0 Å². The number of halogens is 1. The maximum Gasteiger partial charge on any atom is 0.233 e. The second kappa shape index (κ2) is 2.18. The van der Waals surface area contributed by atoms with Gasteiger partial charge in [0.2, 0.25) is 5.91 Å². The summed E-state index contributed by atoms with van der Waals surface area (Å²) in [4.78, 5) is 10.5. The maximum absolute atomic E-state index is 10.5. The average molecular weight is 227 g/mol. The van der Waals surface area contributed by atoms with Crippen LogP contribution in [0.2, 0.25) is 0 Å². The van der Waals surface area contributed by atoms with Gasteiger partial charge in [-0.2, -0.15) is 0 Å². The van der Waals surface area contributed by atoms with Gasteiger partial charge >= 0.3 is 0 Å². The monoisotopic (exact) mass is 227 g/mol. The van der Waals surface area contributed by atoms with Crippen LogP contribution in [0.4, 0.5) is 0 Å². The molecule has 1 saturated heterocycles. The molecule has 0 aromatic carbocycles. The lowest BCUT2D eigenvalue weighted by atomic mass is 10.3. The highest BCUT2D eigenvalue weighted by Crippen LogP contribution is 2.14. The molecule has 1 unspecified atom stereocenters. The van der Waals surface area contributed by atoms with Crippen molar-refractivity contribution in [2.24, 2.45) is 0 Å². The van der Waals surface area contributed by atoms with E-state index < -0.39 is 6.10 Å². The van der Waals surface area contributed by atoms with Crippen molar-refractivity contribution in [1.82, 2.24) is 3.11 Å². The molecule has 0 aromatic rings. The molecule has 0 radical (unpaired) electrons. The Balaban J connectivity index is 2.51. The molecule has 4 heteroatoms. The Morgan fingerprint density at radius 1 is 1.88 bits per heavy atom. The molecule has 1 rings (SSSR count). The van der Waals surface area contributed by atoms with Crippen LogP contribution >= 0.6 is 22.9 Å². The van der Waals surface area contributed by atoms with Crippen LogP contribution in [-0.2, 0) is 4.79 Å².